The molecule has 1 unspecified atom stereocenters. The predicted octanol–water partition coefficient (Wildman–Crippen LogP) is 2.77. The number of hydrogen-bond donors (Lipinski definition) is 1. The lowest BCUT2D eigenvalue weighted by Gasteiger charge is -2.55. The second-order valence-electron chi connectivity index (χ2n) is 7.93. The highest BCUT2D eigenvalue weighted by Crippen LogP contribution is 2.51. The van der Waals surface area contributed by atoms with Crippen LogP contribution in [0.25, 0.3) is 0 Å². The lowest BCUT2D eigenvalue weighted by molar-refractivity contribution is -0.169. The molecule has 0 radical (unpaired) electrons. The number of carbonyl (C=O) groups excluding carboxylic acids is 1. The number of ether oxygens (including phenoxy) is 1. The smallest absolute Gasteiger partial charge is 0.248 e. The fourth-order valence-corrected chi connectivity index (χ4v) is 5.16. The molecule has 3 fully saturated rings. The molecule has 1 amide bonds. The van der Waals surface area contributed by atoms with Gasteiger partial charge in [0.2, 0.25) is 5.91 Å². The van der Waals surface area contributed by atoms with Crippen LogP contribution in [0, 0.1) is 17.8 Å². The SMILES string of the molecule is COC1(c2ccc(C(N)=O)cc2)[C@@H]2CCC[C@H]1CN(CC1CC1)C2. The first kappa shape index (κ1) is 16.1. The number of methoxy groups -OCH3 is 1. The van der Waals surface area contributed by atoms with Crippen LogP contribution in [0.15, 0.2) is 24.3 Å². The number of amides is 1. The zero-order chi connectivity index (χ0) is 16.7. The number of rotatable bonds is 5. The van der Waals surface area contributed by atoms with Gasteiger partial charge < -0.3 is 15.4 Å². The van der Waals surface area contributed by atoms with E-state index in [-0.39, 0.29) is 11.5 Å². The number of benzene rings is 1. The highest BCUT2D eigenvalue weighted by molar-refractivity contribution is 5.92. The molecule has 3 aliphatic rings. The van der Waals surface area contributed by atoms with Gasteiger partial charge in [0, 0.05) is 44.1 Å². The van der Waals surface area contributed by atoms with Crippen molar-refractivity contribution in [3.8, 4) is 0 Å². The molecule has 2 N–H and O–H groups in total. The molecule has 2 saturated carbocycles. The fourth-order valence-electron chi connectivity index (χ4n) is 5.16. The Kier molecular flexibility index (Phi) is 4.13. The van der Waals surface area contributed by atoms with Crippen molar-refractivity contribution in [3.05, 3.63) is 35.4 Å². The van der Waals surface area contributed by atoms with Gasteiger partial charge in [-0.1, -0.05) is 18.6 Å². The zero-order valence-electron chi connectivity index (χ0n) is 14.5. The van der Waals surface area contributed by atoms with Crippen LogP contribution in [0.1, 0.15) is 48.0 Å². The van der Waals surface area contributed by atoms with Crippen molar-refractivity contribution in [2.45, 2.75) is 37.7 Å². The molecule has 0 aromatic heterocycles. The molecule has 4 rings (SSSR count). The number of fused-ring (bicyclic) bond motifs is 2. The summed E-state index contributed by atoms with van der Waals surface area (Å²) in [5.41, 5.74) is 6.98. The maximum absolute atomic E-state index is 11.4. The van der Waals surface area contributed by atoms with Crippen molar-refractivity contribution < 1.29 is 9.53 Å². The Morgan fingerprint density at radius 2 is 1.79 bits per heavy atom. The Balaban J connectivity index is 1.63. The Bertz CT molecular complexity index is 595. The van der Waals surface area contributed by atoms with Gasteiger partial charge in [0.05, 0.1) is 0 Å². The number of nitrogens with two attached hydrogens (primary N) is 1. The lowest BCUT2D eigenvalue weighted by Crippen LogP contribution is -2.59. The van der Waals surface area contributed by atoms with E-state index in [1.165, 1.54) is 44.2 Å². The number of carbonyl (C=O) groups is 1. The van der Waals surface area contributed by atoms with Gasteiger partial charge in [-0.25, -0.2) is 0 Å². The summed E-state index contributed by atoms with van der Waals surface area (Å²) in [4.78, 5) is 14.1. The summed E-state index contributed by atoms with van der Waals surface area (Å²) < 4.78 is 6.26. The van der Waals surface area contributed by atoms with Crippen molar-refractivity contribution in [2.75, 3.05) is 26.7 Å². The number of primary amides is 1. The molecule has 3 atom stereocenters. The first-order valence-corrected chi connectivity index (χ1v) is 9.31. The molecule has 1 heterocycles. The van der Waals surface area contributed by atoms with Crippen LogP contribution in [0.4, 0.5) is 0 Å². The molecule has 24 heavy (non-hydrogen) atoms. The van der Waals surface area contributed by atoms with Crippen molar-refractivity contribution in [1.82, 2.24) is 4.90 Å². The van der Waals surface area contributed by atoms with E-state index in [4.69, 9.17) is 10.5 Å². The molecule has 2 bridgehead atoms. The van der Waals surface area contributed by atoms with Gasteiger partial charge >= 0.3 is 0 Å². The molecule has 130 valence electrons. The van der Waals surface area contributed by atoms with Gasteiger partial charge in [0.1, 0.15) is 5.60 Å². The summed E-state index contributed by atoms with van der Waals surface area (Å²) in [6.07, 6.45) is 6.58. The minimum absolute atomic E-state index is 0.200. The van der Waals surface area contributed by atoms with E-state index < -0.39 is 0 Å². The Morgan fingerprint density at radius 1 is 1.17 bits per heavy atom. The second kappa shape index (κ2) is 6.16. The summed E-state index contributed by atoms with van der Waals surface area (Å²) >= 11 is 0. The molecule has 1 saturated heterocycles. The largest absolute Gasteiger partial charge is 0.373 e. The van der Waals surface area contributed by atoms with Crippen LogP contribution >= 0.6 is 0 Å². The van der Waals surface area contributed by atoms with E-state index in [0.717, 1.165) is 19.0 Å². The number of nitrogens with zero attached hydrogens (tertiary/aromatic N) is 1. The molecule has 2 aliphatic carbocycles. The number of piperidine rings is 1. The highest BCUT2D eigenvalue weighted by atomic mass is 16.5. The third kappa shape index (κ3) is 2.66. The molecule has 0 spiro atoms. The maximum atomic E-state index is 11.4. The topological polar surface area (TPSA) is 55.6 Å². The second-order valence-corrected chi connectivity index (χ2v) is 7.93. The van der Waals surface area contributed by atoms with Gasteiger partial charge in [-0.15, -0.1) is 0 Å². The Labute approximate surface area is 144 Å². The van der Waals surface area contributed by atoms with Gasteiger partial charge in [0.25, 0.3) is 0 Å². The van der Waals surface area contributed by atoms with Gasteiger partial charge in [-0.3, -0.25) is 4.79 Å². The quantitative estimate of drug-likeness (QED) is 0.904. The van der Waals surface area contributed by atoms with Gasteiger partial charge in [0.15, 0.2) is 0 Å². The average molecular weight is 328 g/mol. The normalized spacial score (nSPS) is 33.4. The molecule has 1 aromatic carbocycles. The van der Waals surface area contributed by atoms with E-state index >= 15 is 0 Å². The minimum Gasteiger partial charge on any atom is -0.373 e. The summed E-state index contributed by atoms with van der Waals surface area (Å²) in [6.45, 7) is 3.55. The summed E-state index contributed by atoms with van der Waals surface area (Å²) in [5, 5.41) is 0. The van der Waals surface area contributed by atoms with E-state index in [2.05, 4.69) is 17.0 Å². The average Bonchev–Trinajstić information content (AvgIpc) is 3.38. The number of likely N-dealkylation sites (tertiary alicyclic amines) is 1. The first-order valence-electron chi connectivity index (χ1n) is 9.31. The van der Waals surface area contributed by atoms with Crippen molar-refractivity contribution in [1.29, 1.82) is 0 Å². The number of hydrogen-bond acceptors (Lipinski definition) is 3. The van der Waals surface area contributed by atoms with E-state index in [0.29, 0.717) is 17.4 Å². The molecule has 1 aromatic rings. The van der Waals surface area contributed by atoms with Gasteiger partial charge in [-0.2, -0.15) is 0 Å². The molecule has 4 nitrogen and oxygen atoms in total. The third-order valence-electron chi connectivity index (χ3n) is 6.45. The first-order chi connectivity index (χ1) is 11.6. The molecule has 1 aliphatic heterocycles. The van der Waals surface area contributed by atoms with E-state index in [1.807, 2.05) is 19.2 Å². The zero-order valence-corrected chi connectivity index (χ0v) is 14.5. The lowest BCUT2D eigenvalue weighted by atomic mass is 9.62. The standard InChI is InChI=1S/C20H28N2O2/c1-24-20(16-9-7-15(8-10-16)19(21)23)17-3-2-4-18(20)13-22(12-17)11-14-5-6-14/h7-10,14,17-18H,2-6,11-13H2,1H3,(H2,21,23)/t17-,18+,20?. The van der Waals surface area contributed by atoms with Crippen molar-refractivity contribution in [2.24, 2.45) is 23.5 Å². The van der Waals surface area contributed by atoms with Crippen LogP contribution in [0.2, 0.25) is 0 Å². The Hall–Kier alpha value is -1.39. The fraction of sp³-hybridized carbons (Fsp3) is 0.650. The summed E-state index contributed by atoms with van der Waals surface area (Å²) in [5.74, 6) is 1.64. The summed E-state index contributed by atoms with van der Waals surface area (Å²) in [6, 6.07) is 7.83. The monoisotopic (exact) mass is 328 g/mol. The van der Waals surface area contributed by atoms with E-state index in [9.17, 15) is 4.79 Å². The summed E-state index contributed by atoms with van der Waals surface area (Å²) in [7, 11) is 1.86. The minimum atomic E-state index is -0.368. The van der Waals surface area contributed by atoms with Crippen LogP contribution in [-0.2, 0) is 10.3 Å². The highest BCUT2D eigenvalue weighted by Gasteiger charge is 2.53. The van der Waals surface area contributed by atoms with Gasteiger partial charge in [-0.05, 0) is 49.3 Å². The van der Waals surface area contributed by atoms with Crippen molar-refractivity contribution in [3.63, 3.8) is 0 Å². The predicted molar refractivity (Wildman–Crippen MR) is 93.6 cm³/mol. The van der Waals surface area contributed by atoms with Crippen LogP contribution < -0.4 is 5.73 Å². The van der Waals surface area contributed by atoms with Crippen LogP contribution in [0.3, 0.4) is 0 Å². The third-order valence-corrected chi connectivity index (χ3v) is 6.45. The molecular weight excluding hydrogens is 300 g/mol. The van der Waals surface area contributed by atoms with Crippen molar-refractivity contribution >= 4 is 5.91 Å². The van der Waals surface area contributed by atoms with Crippen LogP contribution in [0.5, 0.6) is 0 Å². The molecular formula is C20H28N2O2. The van der Waals surface area contributed by atoms with E-state index in [1.54, 1.807) is 0 Å². The van der Waals surface area contributed by atoms with Crippen LogP contribution in [-0.4, -0.2) is 37.6 Å². The maximum Gasteiger partial charge on any atom is 0.248 e. The Morgan fingerprint density at radius 3 is 2.29 bits per heavy atom. The molecule has 4 heteroatoms.